The molecule has 1 aromatic heterocycles. The molecule has 0 radical (unpaired) electrons. The molecule has 1 N–H and O–H groups in total. The van der Waals surface area contributed by atoms with Gasteiger partial charge in [0.15, 0.2) is 0 Å². The molecule has 1 atom stereocenters. The zero-order valence-corrected chi connectivity index (χ0v) is 14.9. The number of nitrogens with zero attached hydrogens (tertiary/aromatic N) is 3. The van der Waals surface area contributed by atoms with E-state index in [2.05, 4.69) is 15.3 Å². The third-order valence-electron chi connectivity index (χ3n) is 4.53. The van der Waals surface area contributed by atoms with Crippen molar-refractivity contribution in [2.45, 2.75) is 19.8 Å². The van der Waals surface area contributed by atoms with E-state index in [9.17, 15) is 9.59 Å². The lowest BCUT2D eigenvalue weighted by Gasteiger charge is -2.32. The summed E-state index contributed by atoms with van der Waals surface area (Å²) in [5.41, 5.74) is 1.99. The van der Waals surface area contributed by atoms with Crippen molar-refractivity contribution in [3.05, 3.63) is 47.8 Å². The highest BCUT2D eigenvalue weighted by Gasteiger charge is 2.27. The molecule has 0 spiro atoms. The summed E-state index contributed by atoms with van der Waals surface area (Å²) in [5, 5.41) is 2.98. The molecule has 2 aromatic rings. The van der Waals surface area contributed by atoms with E-state index in [1.807, 2.05) is 11.8 Å². The summed E-state index contributed by atoms with van der Waals surface area (Å²) in [6.07, 6.45) is 5.15. The molecule has 1 amide bonds. The highest BCUT2D eigenvalue weighted by atomic mass is 16.5. The molecular formula is C19H22N4O3. The molecule has 1 fully saturated rings. The molecule has 26 heavy (non-hydrogen) atoms. The van der Waals surface area contributed by atoms with Crippen LogP contribution in [0.15, 0.2) is 36.7 Å². The van der Waals surface area contributed by atoms with Crippen LogP contribution in [0.3, 0.4) is 0 Å². The third-order valence-corrected chi connectivity index (χ3v) is 4.53. The van der Waals surface area contributed by atoms with Crippen LogP contribution in [0.4, 0.5) is 11.6 Å². The van der Waals surface area contributed by atoms with Gasteiger partial charge in [-0.3, -0.25) is 4.79 Å². The van der Waals surface area contributed by atoms with Crippen LogP contribution in [-0.2, 0) is 9.53 Å². The molecule has 0 saturated carbocycles. The maximum absolute atomic E-state index is 12.7. The first-order chi connectivity index (χ1) is 12.6. The Morgan fingerprint density at radius 1 is 1.27 bits per heavy atom. The van der Waals surface area contributed by atoms with Crippen molar-refractivity contribution in [3.63, 3.8) is 0 Å². The summed E-state index contributed by atoms with van der Waals surface area (Å²) in [5.74, 6) is 0.104. The van der Waals surface area contributed by atoms with E-state index in [1.165, 1.54) is 7.11 Å². The van der Waals surface area contributed by atoms with Gasteiger partial charge >= 0.3 is 5.97 Å². The number of aryl methyl sites for hydroxylation is 1. The Hall–Kier alpha value is -2.96. The molecule has 1 saturated heterocycles. The topological polar surface area (TPSA) is 84.4 Å². The van der Waals surface area contributed by atoms with Crippen molar-refractivity contribution >= 4 is 23.5 Å². The van der Waals surface area contributed by atoms with Gasteiger partial charge in [-0.1, -0.05) is 0 Å². The molecule has 7 heteroatoms. The van der Waals surface area contributed by atoms with Gasteiger partial charge < -0.3 is 15.0 Å². The van der Waals surface area contributed by atoms with Crippen molar-refractivity contribution in [1.29, 1.82) is 0 Å². The van der Waals surface area contributed by atoms with E-state index in [1.54, 1.807) is 36.7 Å². The zero-order chi connectivity index (χ0) is 18.5. The van der Waals surface area contributed by atoms with Crippen molar-refractivity contribution in [1.82, 2.24) is 9.97 Å². The second-order valence-corrected chi connectivity index (χ2v) is 6.34. The molecule has 0 aliphatic carbocycles. The van der Waals surface area contributed by atoms with Gasteiger partial charge in [0.05, 0.1) is 18.6 Å². The number of ether oxygens (including phenoxy) is 1. The summed E-state index contributed by atoms with van der Waals surface area (Å²) in [7, 11) is 1.35. The number of carbonyl (C=O) groups is 2. The van der Waals surface area contributed by atoms with Gasteiger partial charge in [-0.15, -0.1) is 0 Å². The second kappa shape index (κ2) is 7.95. The summed E-state index contributed by atoms with van der Waals surface area (Å²) in [4.78, 5) is 34.9. The van der Waals surface area contributed by atoms with Gasteiger partial charge in [0.2, 0.25) is 11.9 Å². The molecule has 1 aliphatic rings. The Kier molecular flexibility index (Phi) is 5.46. The van der Waals surface area contributed by atoms with Gasteiger partial charge in [-0.25, -0.2) is 14.8 Å². The fourth-order valence-electron chi connectivity index (χ4n) is 3.11. The Balaban J connectivity index is 1.67. The number of amides is 1. The summed E-state index contributed by atoms with van der Waals surface area (Å²) >= 11 is 0. The van der Waals surface area contributed by atoms with Crippen molar-refractivity contribution in [3.8, 4) is 0 Å². The minimum atomic E-state index is -0.392. The van der Waals surface area contributed by atoms with Crippen molar-refractivity contribution < 1.29 is 14.3 Å². The first-order valence-corrected chi connectivity index (χ1v) is 8.60. The van der Waals surface area contributed by atoms with Crippen LogP contribution in [0.25, 0.3) is 0 Å². The number of methoxy groups -OCH3 is 1. The number of nitrogens with one attached hydrogen (secondary N) is 1. The largest absolute Gasteiger partial charge is 0.465 e. The van der Waals surface area contributed by atoms with Crippen LogP contribution in [0.2, 0.25) is 0 Å². The molecule has 3 rings (SSSR count). The van der Waals surface area contributed by atoms with E-state index < -0.39 is 5.97 Å². The lowest BCUT2D eigenvalue weighted by Crippen LogP contribution is -2.41. The third kappa shape index (κ3) is 3.99. The van der Waals surface area contributed by atoms with Gasteiger partial charge in [0.25, 0.3) is 0 Å². The Labute approximate surface area is 152 Å². The lowest BCUT2D eigenvalue weighted by atomic mass is 9.97. The number of piperidine rings is 1. The van der Waals surface area contributed by atoms with Crippen LogP contribution in [0, 0.1) is 12.8 Å². The quantitative estimate of drug-likeness (QED) is 0.849. The molecule has 1 aliphatic heterocycles. The van der Waals surface area contributed by atoms with Gasteiger partial charge in [-0.05, 0) is 49.6 Å². The number of rotatable bonds is 4. The van der Waals surface area contributed by atoms with Crippen molar-refractivity contribution in [2.24, 2.45) is 5.92 Å². The maximum Gasteiger partial charge on any atom is 0.337 e. The summed E-state index contributed by atoms with van der Waals surface area (Å²) < 4.78 is 4.72. The average molecular weight is 354 g/mol. The van der Waals surface area contributed by atoms with Crippen LogP contribution in [0.5, 0.6) is 0 Å². The first-order valence-electron chi connectivity index (χ1n) is 8.60. The minimum Gasteiger partial charge on any atom is -0.465 e. The van der Waals surface area contributed by atoms with Gasteiger partial charge in [0, 0.05) is 31.2 Å². The van der Waals surface area contributed by atoms with E-state index in [0.29, 0.717) is 23.7 Å². The normalized spacial score (nSPS) is 16.8. The van der Waals surface area contributed by atoms with E-state index in [-0.39, 0.29) is 11.8 Å². The number of carbonyl (C=O) groups excluding carboxylic acids is 2. The average Bonchev–Trinajstić information content (AvgIpc) is 2.69. The Morgan fingerprint density at radius 2 is 2.04 bits per heavy atom. The molecule has 0 bridgehead atoms. The highest BCUT2D eigenvalue weighted by Crippen LogP contribution is 2.23. The van der Waals surface area contributed by atoms with E-state index >= 15 is 0 Å². The summed E-state index contributed by atoms with van der Waals surface area (Å²) in [6.45, 7) is 3.29. The Morgan fingerprint density at radius 3 is 2.73 bits per heavy atom. The monoisotopic (exact) mass is 354 g/mol. The van der Waals surface area contributed by atoms with Crippen LogP contribution < -0.4 is 10.2 Å². The van der Waals surface area contributed by atoms with Gasteiger partial charge in [0.1, 0.15) is 0 Å². The molecule has 1 unspecified atom stereocenters. The fraction of sp³-hybridized carbons (Fsp3) is 0.368. The predicted molar refractivity (Wildman–Crippen MR) is 98.1 cm³/mol. The molecule has 1 aromatic carbocycles. The standard InChI is InChI=1S/C19H22N4O3/c1-13-11-14(18(25)26-2)6-7-16(13)22-17(24)15-5-3-10-23(12-15)19-20-8-4-9-21-19/h4,6-9,11,15H,3,5,10,12H2,1-2H3,(H,22,24). The predicted octanol–water partition coefficient (Wildman–Crippen LogP) is 2.43. The van der Waals surface area contributed by atoms with E-state index in [0.717, 1.165) is 24.9 Å². The molecule has 7 nitrogen and oxygen atoms in total. The fourth-order valence-corrected chi connectivity index (χ4v) is 3.11. The number of esters is 1. The number of anilines is 2. The number of benzene rings is 1. The molecular weight excluding hydrogens is 332 g/mol. The zero-order valence-electron chi connectivity index (χ0n) is 14.9. The Bertz CT molecular complexity index is 795. The van der Waals surface area contributed by atoms with Crippen LogP contribution in [-0.4, -0.2) is 42.0 Å². The minimum absolute atomic E-state index is 0.0282. The second-order valence-electron chi connectivity index (χ2n) is 6.34. The molecule has 2 heterocycles. The smallest absolute Gasteiger partial charge is 0.337 e. The molecule has 136 valence electrons. The first kappa shape index (κ1) is 17.8. The maximum atomic E-state index is 12.7. The summed E-state index contributed by atoms with van der Waals surface area (Å²) in [6, 6.07) is 6.88. The number of aromatic nitrogens is 2. The number of hydrogen-bond acceptors (Lipinski definition) is 6. The highest BCUT2D eigenvalue weighted by molar-refractivity contribution is 5.95. The van der Waals surface area contributed by atoms with Crippen molar-refractivity contribution in [2.75, 3.05) is 30.4 Å². The number of hydrogen-bond donors (Lipinski definition) is 1. The van der Waals surface area contributed by atoms with Gasteiger partial charge in [-0.2, -0.15) is 0 Å². The van der Waals surface area contributed by atoms with Crippen LogP contribution in [0.1, 0.15) is 28.8 Å². The lowest BCUT2D eigenvalue weighted by molar-refractivity contribution is -0.120. The van der Waals surface area contributed by atoms with Crippen LogP contribution >= 0.6 is 0 Å². The SMILES string of the molecule is COC(=O)c1ccc(NC(=O)C2CCCN(c3ncccn3)C2)c(C)c1. The van der Waals surface area contributed by atoms with E-state index in [4.69, 9.17) is 4.74 Å².